The van der Waals surface area contributed by atoms with Gasteiger partial charge < -0.3 is 14.9 Å². The van der Waals surface area contributed by atoms with E-state index in [4.69, 9.17) is 14.9 Å². The summed E-state index contributed by atoms with van der Waals surface area (Å²) in [5, 5.41) is 17.8. The molecule has 1 aliphatic heterocycles. The molecule has 2 aliphatic rings. The van der Waals surface area contributed by atoms with Crippen molar-refractivity contribution in [1.29, 1.82) is 0 Å². The molecule has 2 fully saturated rings. The second-order valence-corrected chi connectivity index (χ2v) is 3.73. The lowest BCUT2D eigenvalue weighted by Crippen LogP contribution is -2.54. The van der Waals surface area contributed by atoms with E-state index < -0.39 is 6.09 Å². The fourth-order valence-corrected chi connectivity index (χ4v) is 1.75. The predicted octanol–water partition coefficient (Wildman–Crippen LogP) is -0.110. The number of carbonyl (C=O) groups is 1. The number of ether oxygens (including phenoxy) is 1. The van der Waals surface area contributed by atoms with Crippen LogP contribution in [-0.2, 0) is 4.74 Å². The maximum atomic E-state index is 10.9. The number of hydrogen-bond donors (Lipinski definition) is 2. The number of aliphatic hydroxyl groups is 1. The van der Waals surface area contributed by atoms with Gasteiger partial charge in [0.15, 0.2) is 0 Å². The Morgan fingerprint density at radius 2 is 2.31 bits per heavy atom. The molecular formula is C8H13NO4. The first kappa shape index (κ1) is 8.77. The maximum Gasteiger partial charge on any atom is 0.407 e. The van der Waals surface area contributed by atoms with Crippen LogP contribution in [0, 0.1) is 0 Å². The Labute approximate surface area is 75.9 Å². The highest BCUT2D eigenvalue weighted by Crippen LogP contribution is 2.44. The van der Waals surface area contributed by atoms with Gasteiger partial charge in [-0.25, -0.2) is 4.79 Å². The fraction of sp³-hybridized carbons (Fsp3) is 0.875. The first-order valence-electron chi connectivity index (χ1n) is 4.41. The predicted molar refractivity (Wildman–Crippen MR) is 43.5 cm³/mol. The van der Waals surface area contributed by atoms with Crippen LogP contribution in [0.4, 0.5) is 4.79 Å². The van der Waals surface area contributed by atoms with Crippen molar-refractivity contribution in [3.8, 4) is 0 Å². The second-order valence-electron chi connectivity index (χ2n) is 3.73. The molecule has 1 saturated heterocycles. The lowest BCUT2D eigenvalue weighted by molar-refractivity contribution is -0.0814. The quantitative estimate of drug-likeness (QED) is 0.601. The SMILES string of the molecule is O=C(O)N1C[C@H](CO)OCC12CC2. The Morgan fingerprint density at radius 1 is 1.62 bits per heavy atom. The molecule has 2 N–H and O–H groups in total. The van der Waals surface area contributed by atoms with Gasteiger partial charge in [-0.2, -0.15) is 0 Å². The zero-order valence-electron chi connectivity index (χ0n) is 7.27. The van der Waals surface area contributed by atoms with Crippen LogP contribution in [0.2, 0.25) is 0 Å². The number of rotatable bonds is 1. The average Bonchev–Trinajstić information content (AvgIpc) is 2.86. The molecule has 13 heavy (non-hydrogen) atoms. The third kappa shape index (κ3) is 1.38. The molecule has 0 aromatic carbocycles. The van der Waals surface area contributed by atoms with Crippen LogP contribution in [0.25, 0.3) is 0 Å². The summed E-state index contributed by atoms with van der Waals surface area (Å²) in [6, 6.07) is 0. The van der Waals surface area contributed by atoms with E-state index in [2.05, 4.69) is 0 Å². The largest absolute Gasteiger partial charge is 0.465 e. The number of nitrogens with zero attached hydrogens (tertiary/aromatic N) is 1. The smallest absolute Gasteiger partial charge is 0.407 e. The van der Waals surface area contributed by atoms with Gasteiger partial charge in [-0.05, 0) is 12.8 Å². The fourth-order valence-electron chi connectivity index (χ4n) is 1.75. The summed E-state index contributed by atoms with van der Waals surface area (Å²) in [5.74, 6) is 0. The van der Waals surface area contributed by atoms with Gasteiger partial charge >= 0.3 is 6.09 Å². The Bertz CT molecular complexity index is 226. The molecule has 0 aromatic rings. The number of aliphatic hydroxyl groups excluding tert-OH is 1. The van der Waals surface area contributed by atoms with Crippen LogP contribution >= 0.6 is 0 Å². The summed E-state index contributed by atoms with van der Waals surface area (Å²) in [5.41, 5.74) is -0.252. The highest BCUT2D eigenvalue weighted by atomic mass is 16.5. The minimum absolute atomic E-state index is 0.111. The van der Waals surface area contributed by atoms with E-state index in [1.165, 1.54) is 4.90 Å². The monoisotopic (exact) mass is 187 g/mol. The Balaban J connectivity index is 2.06. The van der Waals surface area contributed by atoms with Crippen LogP contribution in [0.1, 0.15) is 12.8 Å². The molecule has 0 unspecified atom stereocenters. The number of morpholine rings is 1. The normalized spacial score (nSPS) is 30.5. The standard InChI is InChI=1S/C8H13NO4/c10-4-6-3-9(7(11)12)8(1-2-8)5-13-6/h6,10H,1-5H2,(H,11,12)/t6-/m1/s1. The van der Waals surface area contributed by atoms with Crippen LogP contribution in [0.3, 0.4) is 0 Å². The van der Waals surface area contributed by atoms with Crippen molar-refractivity contribution in [3.05, 3.63) is 0 Å². The van der Waals surface area contributed by atoms with E-state index in [1.54, 1.807) is 0 Å². The molecule has 1 amide bonds. The summed E-state index contributed by atoms with van der Waals surface area (Å²) < 4.78 is 5.33. The van der Waals surface area contributed by atoms with E-state index in [-0.39, 0.29) is 18.2 Å². The summed E-state index contributed by atoms with van der Waals surface area (Å²) >= 11 is 0. The lowest BCUT2D eigenvalue weighted by atomic mass is 10.1. The molecule has 0 radical (unpaired) electrons. The van der Waals surface area contributed by atoms with Gasteiger partial charge in [0.2, 0.25) is 0 Å². The minimum Gasteiger partial charge on any atom is -0.465 e. The molecule has 5 nitrogen and oxygen atoms in total. The lowest BCUT2D eigenvalue weighted by Gasteiger charge is -2.37. The third-order valence-corrected chi connectivity index (χ3v) is 2.81. The van der Waals surface area contributed by atoms with Gasteiger partial charge in [-0.15, -0.1) is 0 Å². The molecule has 1 spiro atoms. The van der Waals surface area contributed by atoms with E-state index in [0.29, 0.717) is 13.2 Å². The molecule has 0 aromatic heterocycles. The molecule has 1 atom stereocenters. The summed E-state index contributed by atoms with van der Waals surface area (Å²) in [6.07, 6.45) is 0.524. The third-order valence-electron chi connectivity index (χ3n) is 2.81. The molecule has 5 heteroatoms. The first-order chi connectivity index (χ1) is 6.18. The zero-order valence-corrected chi connectivity index (χ0v) is 7.27. The van der Waals surface area contributed by atoms with Crippen LogP contribution in [0.15, 0.2) is 0 Å². The molecule has 0 bridgehead atoms. The molecule has 74 valence electrons. The summed E-state index contributed by atoms with van der Waals surface area (Å²) in [4.78, 5) is 12.3. The second kappa shape index (κ2) is 2.85. The maximum absolute atomic E-state index is 10.9. The first-order valence-corrected chi connectivity index (χ1v) is 4.41. The van der Waals surface area contributed by atoms with Crippen molar-refractivity contribution < 1.29 is 19.7 Å². The van der Waals surface area contributed by atoms with Gasteiger partial charge in [0.05, 0.1) is 31.4 Å². The van der Waals surface area contributed by atoms with Gasteiger partial charge in [-0.1, -0.05) is 0 Å². The van der Waals surface area contributed by atoms with Crippen molar-refractivity contribution in [1.82, 2.24) is 4.90 Å². The minimum atomic E-state index is -0.903. The van der Waals surface area contributed by atoms with Gasteiger partial charge in [0.25, 0.3) is 0 Å². The Hall–Kier alpha value is -0.810. The summed E-state index contributed by atoms with van der Waals surface area (Å²) in [6.45, 7) is 0.621. The Kier molecular flexibility index (Phi) is 1.92. The molecule has 1 aliphatic carbocycles. The highest BCUT2D eigenvalue weighted by Gasteiger charge is 2.53. The van der Waals surface area contributed by atoms with Gasteiger partial charge in [0.1, 0.15) is 0 Å². The van der Waals surface area contributed by atoms with Crippen molar-refractivity contribution in [3.63, 3.8) is 0 Å². The number of carboxylic acid groups (broad SMARTS) is 1. The van der Waals surface area contributed by atoms with Gasteiger partial charge in [0, 0.05) is 0 Å². The molecule has 1 heterocycles. The zero-order chi connectivity index (χ0) is 9.47. The van der Waals surface area contributed by atoms with Crippen molar-refractivity contribution >= 4 is 6.09 Å². The van der Waals surface area contributed by atoms with Crippen LogP contribution in [-0.4, -0.2) is 52.6 Å². The number of amides is 1. The molecule has 1 saturated carbocycles. The van der Waals surface area contributed by atoms with E-state index >= 15 is 0 Å². The molecular weight excluding hydrogens is 174 g/mol. The number of hydrogen-bond acceptors (Lipinski definition) is 3. The summed E-state index contributed by atoms with van der Waals surface area (Å²) in [7, 11) is 0. The molecule has 2 rings (SSSR count). The van der Waals surface area contributed by atoms with Crippen molar-refractivity contribution in [2.45, 2.75) is 24.5 Å². The van der Waals surface area contributed by atoms with Crippen molar-refractivity contribution in [2.75, 3.05) is 19.8 Å². The van der Waals surface area contributed by atoms with E-state index in [0.717, 1.165) is 12.8 Å². The topological polar surface area (TPSA) is 70.0 Å². The Morgan fingerprint density at radius 3 is 2.77 bits per heavy atom. The van der Waals surface area contributed by atoms with E-state index in [9.17, 15) is 4.79 Å². The van der Waals surface area contributed by atoms with E-state index in [1.807, 2.05) is 0 Å². The van der Waals surface area contributed by atoms with Crippen LogP contribution in [0.5, 0.6) is 0 Å². The highest BCUT2D eigenvalue weighted by molar-refractivity contribution is 5.67. The van der Waals surface area contributed by atoms with Crippen LogP contribution < -0.4 is 0 Å². The van der Waals surface area contributed by atoms with Crippen molar-refractivity contribution in [2.24, 2.45) is 0 Å². The van der Waals surface area contributed by atoms with Gasteiger partial charge in [-0.3, -0.25) is 4.90 Å². The average molecular weight is 187 g/mol.